The molecule has 1 aliphatic rings. The summed E-state index contributed by atoms with van der Waals surface area (Å²) in [4.78, 5) is 12.2. The van der Waals surface area contributed by atoms with Gasteiger partial charge in [-0.2, -0.15) is 0 Å². The van der Waals surface area contributed by atoms with Crippen LogP contribution in [0.15, 0.2) is 14.9 Å². The molecule has 0 spiro atoms. The molecular formula is C15H21N5O2S2. The molecule has 9 heteroatoms. The number of carbonyl (C=O) groups excluding carboxylic acids is 1. The molecule has 1 amide bonds. The fourth-order valence-electron chi connectivity index (χ4n) is 2.59. The Balaban J connectivity index is 1.50. The summed E-state index contributed by atoms with van der Waals surface area (Å²) in [6, 6.07) is 2.19. The number of amides is 1. The third-order valence-electron chi connectivity index (χ3n) is 3.86. The van der Waals surface area contributed by atoms with Gasteiger partial charge in [-0.15, -0.1) is 10.2 Å². The van der Waals surface area contributed by atoms with Crippen molar-refractivity contribution in [2.75, 3.05) is 10.6 Å². The molecule has 0 aromatic carbocycles. The predicted molar refractivity (Wildman–Crippen MR) is 95.6 cm³/mol. The first-order valence-corrected chi connectivity index (χ1v) is 9.80. The highest BCUT2D eigenvalue weighted by molar-refractivity contribution is 8.02. The van der Waals surface area contributed by atoms with E-state index in [1.54, 1.807) is 13.0 Å². The summed E-state index contributed by atoms with van der Waals surface area (Å²) >= 11 is 2.89. The lowest BCUT2D eigenvalue weighted by atomic mass is 9.96. The van der Waals surface area contributed by atoms with Crippen molar-refractivity contribution in [1.82, 2.24) is 15.4 Å². The first kappa shape index (κ1) is 17.2. The molecule has 2 aromatic rings. The van der Waals surface area contributed by atoms with E-state index < -0.39 is 0 Å². The topological polar surface area (TPSA) is 92.9 Å². The zero-order valence-electron chi connectivity index (χ0n) is 13.7. The van der Waals surface area contributed by atoms with E-state index in [1.807, 2.05) is 6.92 Å². The summed E-state index contributed by atoms with van der Waals surface area (Å²) in [5.74, 6) is 0.218. The zero-order valence-corrected chi connectivity index (χ0v) is 15.4. The molecule has 0 aliphatic heterocycles. The van der Waals surface area contributed by atoms with Crippen molar-refractivity contribution in [3.8, 4) is 0 Å². The maximum Gasteiger partial charge on any atom is 0.240 e. The van der Waals surface area contributed by atoms with Gasteiger partial charge in [-0.1, -0.05) is 47.5 Å². The Morgan fingerprint density at radius 2 is 2.17 bits per heavy atom. The summed E-state index contributed by atoms with van der Waals surface area (Å²) in [7, 11) is 0. The molecule has 24 heavy (non-hydrogen) atoms. The summed E-state index contributed by atoms with van der Waals surface area (Å²) in [5.41, 5.74) is 0.730. The van der Waals surface area contributed by atoms with Crippen molar-refractivity contribution in [3.63, 3.8) is 0 Å². The molecule has 0 saturated heterocycles. The number of aromatic nitrogens is 3. The zero-order chi connectivity index (χ0) is 16.9. The quantitative estimate of drug-likeness (QED) is 0.752. The number of aryl methyl sites for hydroxylation is 1. The summed E-state index contributed by atoms with van der Waals surface area (Å²) in [5, 5.41) is 18.8. The van der Waals surface area contributed by atoms with Crippen molar-refractivity contribution in [2.45, 2.75) is 61.6 Å². The Morgan fingerprint density at radius 1 is 1.38 bits per heavy atom. The first-order valence-electron chi connectivity index (χ1n) is 8.11. The molecule has 2 heterocycles. The Hall–Kier alpha value is -1.61. The number of rotatable bonds is 6. The molecular weight excluding hydrogens is 346 g/mol. The van der Waals surface area contributed by atoms with Crippen molar-refractivity contribution in [3.05, 3.63) is 11.8 Å². The van der Waals surface area contributed by atoms with Gasteiger partial charge in [0, 0.05) is 12.1 Å². The van der Waals surface area contributed by atoms with Gasteiger partial charge in [-0.25, -0.2) is 0 Å². The van der Waals surface area contributed by atoms with Crippen molar-refractivity contribution in [2.24, 2.45) is 0 Å². The van der Waals surface area contributed by atoms with E-state index in [0.717, 1.165) is 15.2 Å². The van der Waals surface area contributed by atoms with E-state index in [-0.39, 0.29) is 11.2 Å². The van der Waals surface area contributed by atoms with Crippen molar-refractivity contribution >= 4 is 40.0 Å². The van der Waals surface area contributed by atoms with Gasteiger partial charge in [0.25, 0.3) is 0 Å². The van der Waals surface area contributed by atoms with E-state index in [4.69, 9.17) is 4.52 Å². The molecule has 1 unspecified atom stereocenters. The van der Waals surface area contributed by atoms with Crippen molar-refractivity contribution in [1.29, 1.82) is 0 Å². The minimum atomic E-state index is -0.300. The Labute approximate surface area is 149 Å². The highest BCUT2D eigenvalue weighted by Gasteiger charge is 2.20. The standard InChI is InChI=1S/C15H21N5O2S2/c1-9-8-12(22-20-9)17-13(21)10(2)23-15-19-18-14(24-15)16-11-6-4-3-5-7-11/h8,10-11H,3-7H2,1-2H3,(H,16,18)(H,17,21). The van der Waals surface area contributed by atoms with Crippen LogP contribution in [0.2, 0.25) is 0 Å². The first-order chi connectivity index (χ1) is 11.6. The monoisotopic (exact) mass is 367 g/mol. The van der Waals surface area contributed by atoms with Crippen LogP contribution in [0, 0.1) is 6.92 Å². The molecule has 0 radical (unpaired) electrons. The summed E-state index contributed by atoms with van der Waals surface area (Å²) < 4.78 is 5.78. The summed E-state index contributed by atoms with van der Waals surface area (Å²) in [6.45, 7) is 3.64. The number of nitrogens with one attached hydrogen (secondary N) is 2. The second-order valence-electron chi connectivity index (χ2n) is 5.93. The molecule has 1 saturated carbocycles. The minimum Gasteiger partial charge on any atom is -0.357 e. The van der Waals surface area contributed by atoms with Gasteiger partial charge in [-0.3, -0.25) is 10.1 Å². The Bertz CT molecular complexity index is 681. The van der Waals surface area contributed by atoms with Gasteiger partial charge in [0.05, 0.1) is 10.9 Å². The van der Waals surface area contributed by atoms with Gasteiger partial charge in [0.1, 0.15) is 0 Å². The lowest BCUT2D eigenvalue weighted by Crippen LogP contribution is -2.22. The largest absolute Gasteiger partial charge is 0.357 e. The number of anilines is 2. The lowest BCUT2D eigenvalue weighted by Gasteiger charge is -2.21. The third-order valence-corrected chi connectivity index (χ3v) is 5.90. The normalized spacial score (nSPS) is 16.8. The van der Waals surface area contributed by atoms with Crippen LogP contribution in [0.4, 0.5) is 11.0 Å². The predicted octanol–water partition coefficient (Wildman–Crippen LogP) is 3.70. The van der Waals surface area contributed by atoms with Crippen LogP contribution in [-0.4, -0.2) is 32.6 Å². The number of hydrogen-bond acceptors (Lipinski definition) is 8. The molecule has 130 valence electrons. The fraction of sp³-hybridized carbons (Fsp3) is 0.600. The van der Waals surface area contributed by atoms with Gasteiger partial charge >= 0.3 is 0 Å². The van der Waals surface area contributed by atoms with Crippen LogP contribution in [0.25, 0.3) is 0 Å². The van der Waals surface area contributed by atoms with Crippen molar-refractivity contribution < 1.29 is 9.32 Å². The minimum absolute atomic E-state index is 0.145. The lowest BCUT2D eigenvalue weighted by molar-refractivity contribution is -0.115. The molecule has 7 nitrogen and oxygen atoms in total. The summed E-state index contributed by atoms with van der Waals surface area (Å²) in [6.07, 6.45) is 6.26. The maximum atomic E-state index is 12.2. The van der Waals surface area contributed by atoms with Crippen LogP contribution in [0.5, 0.6) is 0 Å². The molecule has 1 atom stereocenters. The molecule has 1 aliphatic carbocycles. The van der Waals surface area contributed by atoms with Gasteiger partial charge in [0.2, 0.25) is 16.9 Å². The van der Waals surface area contributed by atoms with Crippen LogP contribution in [0.1, 0.15) is 44.7 Å². The van der Waals surface area contributed by atoms with Crippen LogP contribution < -0.4 is 10.6 Å². The average Bonchev–Trinajstić information content (AvgIpc) is 3.17. The second kappa shape index (κ2) is 7.98. The molecule has 2 N–H and O–H groups in total. The van der Waals surface area contributed by atoms with Crippen LogP contribution in [0.3, 0.4) is 0 Å². The average molecular weight is 368 g/mol. The Kier molecular flexibility index (Phi) is 5.72. The Morgan fingerprint density at radius 3 is 2.88 bits per heavy atom. The third kappa shape index (κ3) is 4.70. The number of carbonyl (C=O) groups is 1. The smallest absolute Gasteiger partial charge is 0.240 e. The maximum absolute atomic E-state index is 12.2. The molecule has 1 fully saturated rings. The number of nitrogens with zero attached hydrogens (tertiary/aromatic N) is 3. The number of hydrogen-bond donors (Lipinski definition) is 2. The van der Waals surface area contributed by atoms with E-state index in [0.29, 0.717) is 11.9 Å². The molecule has 3 rings (SSSR count). The highest BCUT2D eigenvalue weighted by Crippen LogP contribution is 2.31. The van der Waals surface area contributed by atoms with E-state index in [9.17, 15) is 4.79 Å². The SMILES string of the molecule is Cc1cc(NC(=O)C(C)Sc2nnc(NC3CCCCC3)s2)on1. The molecule has 2 aromatic heterocycles. The second-order valence-corrected chi connectivity index (χ2v) is 8.50. The van der Waals surface area contributed by atoms with E-state index >= 15 is 0 Å². The van der Waals surface area contributed by atoms with E-state index in [1.165, 1.54) is 55.2 Å². The fourth-order valence-corrected chi connectivity index (χ4v) is 4.56. The van der Waals surface area contributed by atoms with Crippen LogP contribution >= 0.6 is 23.1 Å². The van der Waals surface area contributed by atoms with Gasteiger partial charge in [0.15, 0.2) is 4.34 Å². The molecule has 0 bridgehead atoms. The number of thioether (sulfide) groups is 1. The van der Waals surface area contributed by atoms with E-state index in [2.05, 4.69) is 26.0 Å². The van der Waals surface area contributed by atoms with Crippen LogP contribution in [-0.2, 0) is 4.79 Å². The van der Waals surface area contributed by atoms with Gasteiger partial charge in [-0.05, 0) is 26.7 Å². The highest BCUT2D eigenvalue weighted by atomic mass is 32.2. The van der Waals surface area contributed by atoms with Gasteiger partial charge < -0.3 is 9.84 Å².